The Morgan fingerprint density at radius 3 is 2.79 bits per heavy atom. The highest BCUT2D eigenvalue weighted by molar-refractivity contribution is 5.74. The third-order valence-electron chi connectivity index (χ3n) is 2.07. The van der Waals surface area contributed by atoms with Crippen LogP contribution in [0, 0.1) is 18.3 Å². The fourth-order valence-electron chi connectivity index (χ4n) is 1.27. The van der Waals surface area contributed by atoms with Crippen molar-refractivity contribution in [3.8, 4) is 6.07 Å². The van der Waals surface area contributed by atoms with Crippen LogP contribution in [-0.4, -0.2) is 5.91 Å². The topological polar surface area (TPSA) is 66.9 Å². The van der Waals surface area contributed by atoms with Crippen LogP contribution in [0.2, 0.25) is 0 Å². The van der Waals surface area contributed by atoms with Crippen LogP contribution in [0.1, 0.15) is 23.1 Å². The summed E-state index contributed by atoms with van der Waals surface area (Å²) in [5.74, 6) is -0.299. The standard InChI is InChI=1S/C11H12N2O/c1-8-6-9(3-5-11(13)14)2-4-10(8)7-12/h2,4,6H,3,5H2,1H3,(H2,13,14). The fraction of sp³-hybridized carbons (Fsp3) is 0.273. The van der Waals surface area contributed by atoms with E-state index in [1.807, 2.05) is 19.1 Å². The lowest BCUT2D eigenvalue weighted by atomic mass is 10.0. The van der Waals surface area contributed by atoms with Crippen LogP contribution in [0.3, 0.4) is 0 Å². The molecule has 3 heteroatoms. The van der Waals surface area contributed by atoms with E-state index in [1.165, 1.54) is 0 Å². The molecule has 0 fully saturated rings. The van der Waals surface area contributed by atoms with Crippen LogP contribution >= 0.6 is 0 Å². The summed E-state index contributed by atoms with van der Waals surface area (Å²) in [4.78, 5) is 10.6. The number of aryl methyl sites for hydroxylation is 2. The van der Waals surface area contributed by atoms with Gasteiger partial charge in [0.1, 0.15) is 0 Å². The van der Waals surface area contributed by atoms with Gasteiger partial charge in [0.2, 0.25) is 5.91 Å². The van der Waals surface area contributed by atoms with Gasteiger partial charge in [-0.2, -0.15) is 5.26 Å². The Morgan fingerprint density at radius 2 is 2.29 bits per heavy atom. The van der Waals surface area contributed by atoms with E-state index in [0.717, 1.165) is 11.1 Å². The van der Waals surface area contributed by atoms with Crippen molar-refractivity contribution >= 4 is 5.91 Å². The Morgan fingerprint density at radius 1 is 1.57 bits per heavy atom. The van der Waals surface area contributed by atoms with E-state index in [-0.39, 0.29) is 5.91 Å². The van der Waals surface area contributed by atoms with Gasteiger partial charge in [0.25, 0.3) is 0 Å². The molecule has 0 unspecified atom stereocenters. The molecule has 0 atom stereocenters. The maximum absolute atomic E-state index is 10.6. The first-order valence-electron chi connectivity index (χ1n) is 4.41. The first-order chi connectivity index (χ1) is 6.63. The Balaban J connectivity index is 2.77. The second kappa shape index (κ2) is 4.43. The van der Waals surface area contributed by atoms with Gasteiger partial charge in [0, 0.05) is 6.42 Å². The zero-order valence-corrected chi connectivity index (χ0v) is 8.08. The highest BCUT2D eigenvalue weighted by Crippen LogP contribution is 2.11. The molecule has 0 saturated heterocycles. The number of nitrogens with zero attached hydrogens (tertiary/aromatic N) is 1. The second-order valence-corrected chi connectivity index (χ2v) is 3.23. The number of primary amides is 1. The van der Waals surface area contributed by atoms with Crippen molar-refractivity contribution in [2.75, 3.05) is 0 Å². The number of carbonyl (C=O) groups excluding carboxylic acids is 1. The van der Waals surface area contributed by atoms with Crippen molar-refractivity contribution in [2.45, 2.75) is 19.8 Å². The molecule has 0 bridgehead atoms. The number of amides is 1. The summed E-state index contributed by atoms with van der Waals surface area (Å²) >= 11 is 0. The first-order valence-corrected chi connectivity index (χ1v) is 4.41. The van der Waals surface area contributed by atoms with Crippen LogP contribution in [0.4, 0.5) is 0 Å². The molecule has 72 valence electrons. The van der Waals surface area contributed by atoms with Gasteiger partial charge in [-0.25, -0.2) is 0 Å². The molecule has 0 heterocycles. The van der Waals surface area contributed by atoms with Gasteiger partial charge in [-0.15, -0.1) is 0 Å². The molecule has 14 heavy (non-hydrogen) atoms. The van der Waals surface area contributed by atoms with Crippen LogP contribution < -0.4 is 5.73 Å². The lowest BCUT2D eigenvalue weighted by Gasteiger charge is -2.02. The second-order valence-electron chi connectivity index (χ2n) is 3.23. The number of hydrogen-bond donors (Lipinski definition) is 1. The smallest absolute Gasteiger partial charge is 0.217 e. The molecule has 0 aliphatic carbocycles. The Labute approximate surface area is 83.2 Å². The summed E-state index contributed by atoms with van der Waals surface area (Å²) < 4.78 is 0. The van der Waals surface area contributed by atoms with Gasteiger partial charge in [0.15, 0.2) is 0 Å². The third-order valence-corrected chi connectivity index (χ3v) is 2.07. The van der Waals surface area contributed by atoms with E-state index in [4.69, 9.17) is 11.0 Å². The number of benzene rings is 1. The summed E-state index contributed by atoms with van der Waals surface area (Å²) in [6.45, 7) is 1.88. The lowest BCUT2D eigenvalue weighted by Crippen LogP contribution is -2.11. The van der Waals surface area contributed by atoms with Crippen molar-refractivity contribution in [2.24, 2.45) is 5.73 Å². The highest BCUT2D eigenvalue weighted by Gasteiger charge is 2.00. The van der Waals surface area contributed by atoms with Gasteiger partial charge in [-0.05, 0) is 30.5 Å². The molecule has 0 aromatic heterocycles. The van der Waals surface area contributed by atoms with Crippen LogP contribution in [0.5, 0.6) is 0 Å². The van der Waals surface area contributed by atoms with E-state index in [1.54, 1.807) is 6.07 Å². The maximum Gasteiger partial charge on any atom is 0.217 e. The van der Waals surface area contributed by atoms with Crippen LogP contribution in [-0.2, 0) is 11.2 Å². The minimum Gasteiger partial charge on any atom is -0.370 e. The minimum atomic E-state index is -0.299. The molecular formula is C11H12N2O. The summed E-state index contributed by atoms with van der Waals surface area (Å²) in [7, 11) is 0. The van der Waals surface area contributed by atoms with Gasteiger partial charge >= 0.3 is 0 Å². The molecule has 0 saturated carbocycles. The van der Waals surface area contributed by atoms with Crippen LogP contribution in [0.15, 0.2) is 18.2 Å². The lowest BCUT2D eigenvalue weighted by molar-refractivity contribution is -0.117. The fourth-order valence-corrected chi connectivity index (χ4v) is 1.27. The zero-order chi connectivity index (χ0) is 10.6. The van der Waals surface area contributed by atoms with E-state index >= 15 is 0 Å². The molecule has 1 amide bonds. The average molecular weight is 188 g/mol. The molecule has 0 aliphatic heterocycles. The summed E-state index contributed by atoms with van der Waals surface area (Å²) in [6, 6.07) is 7.64. The molecule has 0 radical (unpaired) electrons. The van der Waals surface area contributed by atoms with Crippen molar-refractivity contribution in [3.63, 3.8) is 0 Å². The Hall–Kier alpha value is -1.82. The van der Waals surface area contributed by atoms with Crippen molar-refractivity contribution in [1.29, 1.82) is 5.26 Å². The largest absolute Gasteiger partial charge is 0.370 e. The molecule has 1 aromatic rings. The first kappa shape index (κ1) is 10.3. The number of hydrogen-bond acceptors (Lipinski definition) is 2. The normalized spacial score (nSPS) is 9.43. The van der Waals surface area contributed by atoms with E-state index < -0.39 is 0 Å². The third kappa shape index (κ3) is 2.60. The van der Waals surface area contributed by atoms with Crippen molar-refractivity contribution < 1.29 is 4.79 Å². The van der Waals surface area contributed by atoms with Gasteiger partial charge in [-0.1, -0.05) is 12.1 Å². The molecular weight excluding hydrogens is 176 g/mol. The molecule has 1 aromatic carbocycles. The number of rotatable bonds is 3. The Bertz CT molecular complexity index is 391. The summed E-state index contributed by atoms with van der Waals surface area (Å²) in [6.07, 6.45) is 0.993. The van der Waals surface area contributed by atoms with E-state index in [0.29, 0.717) is 18.4 Å². The number of nitrogens with two attached hydrogens (primary N) is 1. The average Bonchev–Trinajstić information content (AvgIpc) is 2.15. The van der Waals surface area contributed by atoms with Gasteiger partial charge < -0.3 is 5.73 Å². The van der Waals surface area contributed by atoms with Crippen molar-refractivity contribution in [1.82, 2.24) is 0 Å². The minimum absolute atomic E-state index is 0.299. The molecule has 1 rings (SSSR count). The predicted octanol–water partition coefficient (Wildman–Crippen LogP) is 1.28. The number of carbonyl (C=O) groups is 1. The monoisotopic (exact) mass is 188 g/mol. The van der Waals surface area contributed by atoms with E-state index in [2.05, 4.69) is 6.07 Å². The molecule has 0 aliphatic rings. The SMILES string of the molecule is Cc1cc(CCC(N)=O)ccc1C#N. The number of nitriles is 1. The summed E-state index contributed by atoms with van der Waals surface area (Å²) in [5, 5.41) is 8.70. The quantitative estimate of drug-likeness (QED) is 0.776. The highest BCUT2D eigenvalue weighted by atomic mass is 16.1. The Kier molecular flexibility index (Phi) is 3.24. The van der Waals surface area contributed by atoms with E-state index in [9.17, 15) is 4.79 Å². The molecule has 2 N–H and O–H groups in total. The zero-order valence-electron chi connectivity index (χ0n) is 8.08. The van der Waals surface area contributed by atoms with Crippen molar-refractivity contribution in [3.05, 3.63) is 34.9 Å². The summed E-state index contributed by atoms with van der Waals surface area (Å²) in [5.41, 5.74) is 7.70. The van der Waals surface area contributed by atoms with Crippen LogP contribution in [0.25, 0.3) is 0 Å². The van der Waals surface area contributed by atoms with Gasteiger partial charge in [-0.3, -0.25) is 4.79 Å². The molecule has 0 spiro atoms. The van der Waals surface area contributed by atoms with Gasteiger partial charge in [0.05, 0.1) is 11.6 Å². The predicted molar refractivity (Wildman–Crippen MR) is 53.4 cm³/mol. The molecule has 3 nitrogen and oxygen atoms in total. The maximum atomic E-state index is 10.6.